The maximum Gasteiger partial charge on any atom is 0.120 e. The average Bonchev–Trinajstić information content (AvgIpc) is 2.38. The van der Waals surface area contributed by atoms with Crippen LogP contribution < -0.4 is 5.32 Å². The SMILES string of the molecule is OCC[C@H](c1ccccc1O)N1CCNCC1. The Morgan fingerprint density at radius 1 is 1.24 bits per heavy atom. The topological polar surface area (TPSA) is 55.7 Å². The third kappa shape index (κ3) is 2.97. The summed E-state index contributed by atoms with van der Waals surface area (Å²) in [7, 11) is 0. The number of rotatable bonds is 4. The molecule has 0 unspecified atom stereocenters. The third-order valence-electron chi connectivity index (χ3n) is 3.29. The smallest absolute Gasteiger partial charge is 0.120 e. The summed E-state index contributed by atoms with van der Waals surface area (Å²) in [6, 6.07) is 7.52. The first kappa shape index (κ1) is 12.4. The number of aromatic hydroxyl groups is 1. The van der Waals surface area contributed by atoms with E-state index in [4.69, 9.17) is 0 Å². The fraction of sp³-hybridized carbons (Fsp3) is 0.538. The summed E-state index contributed by atoms with van der Waals surface area (Å²) in [6.45, 7) is 3.99. The van der Waals surface area contributed by atoms with Crippen molar-refractivity contribution in [2.45, 2.75) is 12.5 Å². The number of hydrogen-bond acceptors (Lipinski definition) is 4. The highest BCUT2D eigenvalue weighted by atomic mass is 16.3. The molecule has 0 saturated carbocycles. The van der Waals surface area contributed by atoms with E-state index >= 15 is 0 Å². The van der Waals surface area contributed by atoms with Gasteiger partial charge in [0.15, 0.2) is 0 Å². The molecule has 0 amide bonds. The van der Waals surface area contributed by atoms with Gasteiger partial charge in [0.25, 0.3) is 0 Å². The second kappa shape index (κ2) is 6.00. The van der Waals surface area contributed by atoms with Crippen LogP contribution in [0.5, 0.6) is 5.75 Å². The molecule has 1 aromatic rings. The Balaban J connectivity index is 2.18. The van der Waals surface area contributed by atoms with Crippen molar-refractivity contribution in [3.63, 3.8) is 0 Å². The first-order valence-electron chi connectivity index (χ1n) is 6.16. The van der Waals surface area contributed by atoms with Crippen LogP contribution in [0.1, 0.15) is 18.0 Å². The minimum absolute atomic E-state index is 0.114. The molecule has 0 aromatic heterocycles. The lowest BCUT2D eigenvalue weighted by atomic mass is 10.0. The highest BCUT2D eigenvalue weighted by Crippen LogP contribution is 2.30. The summed E-state index contributed by atoms with van der Waals surface area (Å²) in [5.41, 5.74) is 0.920. The van der Waals surface area contributed by atoms with Crippen LogP contribution in [0.3, 0.4) is 0 Å². The largest absolute Gasteiger partial charge is 0.508 e. The molecule has 1 saturated heterocycles. The van der Waals surface area contributed by atoms with E-state index < -0.39 is 0 Å². The Hall–Kier alpha value is -1.10. The van der Waals surface area contributed by atoms with Crippen LogP contribution in [0.4, 0.5) is 0 Å². The van der Waals surface area contributed by atoms with Crippen LogP contribution >= 0.6 is 0 Å². The van der Waals surface area contributed by atoms with Crippen LogP contribution in [0, 0.1) is 0 Å². The molecular weight excluding hydrogens is 216 g/mol. The number of aliphatic hydroxyl groups excluding tert-OH is 1. The lowest BCUT2D eigenvalue weighted by Gasteiger charge is -2.35. The molecule has 17 heavy (non-hydrogen) atoms. The quantitative estimate of drug-likeness (QED) is 0.721. The first-order valence-corrected chi connectivity index (χ1v) is 6.16. The number of para-hydroxylation sites is 1. The van der Waals surface area contributed by atoms with Crippen molar-refractivity contribution >= 4 is 0 Å². The highest BCUT2D eigenvalue weighted by Gasteiger charge is 2.23. The number of phenols is 1. The predicted octanol–water partition coefficient (Wildman–Crippen LogP) is 0.721. The zero-order chi connectivity index (χ0) is 12.1. The molecule has 2 rings (SSSR count). The van der Waals surface area contributed by atoms with E-state index in [1.54, 1.807) is 6.07 Å². The summed E-state index contributed by atoms with van der Waals surface area (Å²) in [5, 5.41) is 22.4. The lowest BCUT2D eigenvalue weighted by Crippen LogP contribution is -2.45. The van der Waals surface area contributed by atoms with E-state index in [-0.39, 0.29) is 12.6 Å². The van der Waals surface area contributed by atoms with Crippen molar-refractivity contribution in [3.05, 3.63) is 29.8 Å². The average molecular weight is 236 g/mol. The maximum absolute atomic E-state index is 9.91. The van der Waals surface area contributed by atoms with E-state index in [2.05, 4.69) is 10.2 Å². The van der Waals surface area contributed by atoms with Gasteiger partial charge >= 0.3 is 0 Å². The fourth-order valence-corrected chi connectivity index (χ4v) is 2.42. The van der Waals surface area contributed by atoms with Gasteiger partial charge in [0.1, 0.15) is 5.75 Å². The monoisotopic (exact) mass is 236 g/mol. The van der Waals surface area contributed by atoms with E-state index in [1.807, 2.05) is 18.2 Å². The maximum atomic E-state index is 9.91. The molecule has 1 fully saturated rings. The summed E-state index contributed by atoms with van der Waals surface area (Å²) >= 11 is 0. The van der Waals surface area contributed by atoms with Gasteiger partial charge in [-0.2, -0.15) is 0 Å². The molecule has 0 bridgehead atoms. The standard InChI is InChI=1S/C13H20N2O2/c16-10-5-12(15-8-6-14-7-9-15)11-3-1-2-4-13(11)17/h1-4,12,14,16-17H,5-10H2/t12-/m1/s1. The Morgan fingerprint density at radius 2 is 1.94 bits per heavy atom. The molecule has 3 N–H and O–H groups in total. The molecule has 0 aliphatic carbocycles. The van der Waals surface area contributed by atoms with E-state index in [0.717, 1.165) is 31.7 Å². The molecule has 0 radical (unpaired) electrons. The van der Waals surface area contributed by atoms with Gasteiger partial charge in [0, 0.05) is 44.4 Å². The number of phenolic OH excluding ortho intramolecular Hbond substituents is 1. The number of piperazine rings is 1. The molecule has 1 aliphatic rings. The molecular formula is C13H20N2O2. The van der Waals surface area contributed by atoms with Gasteiger partial charge in [0.05, 0.1) is 0 Å². The van der Waals surface area contributed by atoms with Gasteiger partial charge < -0.3 is 15.5 Å². The van der Waals surface area contributed by atoms with Crippen molar-refractivity contribution in [2.75, 3.05) is 32.8 Å². The van der Waals surface area contributed by atoms with Gasteiger partial charge in [-0.05, 0) is 12.5 Å². The zero-order valence-corrected chi connectivity index (χ0v) is 9.97. The van der Waals surface area contributed by atoms with Crippen molar-refractivity contribution in [2.24, 2.45) is 0 Å². The molecule has 4 heteroatoms. The van der Waals surface area contributed by atoms with Gasteiger partial charge in [-0.3, -0.25) is 4.90 Å². The Kier molecular flexibility index (Phi) is 4.36. The number of hydrogen-bond donors (Lipinski definition) is 3. The van der Waals surface area contributed by atoms with Crippen molar-refractivity contribution in [1.82, 2.24) is 10.2 Å². The van der Waals surface area contributed by atoms with Crippen LogP contribution in [-0.4, -0.2) is 47.9 Å². The fourth-order valence-electron chi connectivity index (χ4n) is 2.42. The number of aliphatic hydroxyl groups is 1. The van der Waals surface area contributed by atoms with Gasteiger partial charge in [0.2, 0.25) is 0 Å². The first-order chi connectivity index (χ1) is 8.33. The molecule has 1 heterocycles. The number of nitrogens with one attached hydrogen (secondary N) is 1. The summed E-state index contributed by atoms with van der Waals surface area (Å²) in [5.74, 6) is 0.324. The van der Waals surface area contributed by atoms with E-state index in [0.29, 0.717) is 12.2 Å². The summed E-state index contributed by atoms with van der Waals surface area (Å²) < 4.78 is 0. The molecule has 1 atom stereocenters. The van der Waals surface area contributed by atoms with Crippen LogP contribution in [0.25, 0.3) is 0 Å². The van der Waals surface area contributed by atoms with Gasteiger partial charge in [-0.25, -0.2) is 0 Å². The highest BCUT2D eigenvalue weighted by molar-refractivity contribution is 5.34. The predicted molar refractivity (Wildman–Crippen MR) is 67.0 cm³/mol. The van der Waals surface area contributed by atoms with E-state index in [9.17, 15) is 10.2 Å². The number of benzene rings is 1. The Morgan fingerprint density at radius 3 is 2.59 bits per heavy atom. The molecule has 0 spiro atoms. The minimum atomic E-state index is 0.114. The summed E-state index contributed by atoms with van der Waals surface area (Å²) in [6.07, 6.45) is 0.664. The minimum Gasteiger partial charge on any atom is -0.508 e. The molecule has 94 valence electrons. The molecule has 1 aromatic carbocycles. The molecule has 4 nitrogen and oxygen atoms in total. The van der Waals surface area contributed by atoms with Crippen molar-refractivity contribution < 1.29 is 10.2 Å². The second-order valence-electron chi connectivity index (χ2n) is 4.37. The van der Waals surface area contributed by atoms with Gasteiger partial charge in [-0.15, -0.1) is 0 Å². The summed E-state index contributed by atoms with van der Waals surface area (Å²) in [4.78, 5) is 2.32. The lowest BCUT2D eigenvalue weighted by molar-refractivity contribution is 0.139. The third-order valence-corrected chi connectivity index (χ3v) is 3.29. The van der Waals surface area contributed by atoms with Crippen LogP contribution in [0.15, 0.2) is 24.3 Å². The van der Waals surface area contributed by atoms with Crippen molar-refractivity contribution in [1.29, 1.82) is 0 Å². The van der Waals surface area contributed by atoms with Gasteiger partial charge in [-0.1, -0.05) is 18.2 Å². The normalized spacial score (nSPS) is 19.1. The Labute approximate surface area is 102 Å². The van der Waals surface area contributed by atoms with Crippen LogP contribution in [-0.2, 0) is 0 Å². The molecule has 1 aliphatic heterocycles. The second-order valence-corrected chi connectivity index (χ2v) is 4.37. The number of nitrogens with zero attached hydrogens (tertiary/aromatic N) is 1. The van der Waals surface area contributed by atoms with E-state index in [1.165, 1.54) is 0 Å². The van der Waals surface area contributed by atoms with Crippen LogP contribution in [0.2, 0.25) is 0 Å². The zero-order valence-electron chi connectivity index (χ0n) is 9.97. The Bertz CT molecular complexity index is 351. The van der Waals surface area contributed by atoms with Crippen molar-refractivity contribution in [3.8, 4) is 5.75 Å².